The highest BCUT2D eigenvalue weighted by molar-refractivity contribution is 7.80. The lowest BCUT2D eigenvalue weighted by molar-refractivity contribution is 0.489. The second kappa shape index (κ2) is 7.05. The number of hydrogen-bond donors (Lipinski definition) is 1. The summed E-state index contributed by atoms with van der Waals surface area (Å²) < 4.78 is 1.88. The zero-order valence-corrected chi connectivity index (χ0v) is 12.7. The van der Waals surface area contributed by atoms with Crippen LogP contribution in [0.15, 0.2) is 42.7 Å². The molecule has 0 fully saturated rings. The topological polar surface area (TPSA) is 33.1 Å². The number of nitrogens with zero attached hydrogens (tertiary/aromatic N) is 3. The van der Waals surface area contributed by atoms with E-state index in [1.807, 2.05) is 59.4 Å². The molecule has 0 unspecified atom stereocenters. The maximum absolute atomic E-state index is 5.33. The summed E-state index contributed by atoms with van der Waals surface area (Å²) in [5.41, 5.74) is 2.20. The monoisotopic (exact) mass is 288 g/mol. The van der Waals surface area contributed by atoms with E-state index in [4.69, 9.17) is 12.2 Å². The predicted molar refractivity (Wildman–Crippen MR) is 85.9 cm³/mol. The molecule has 0 amide bonds. The van der Waals surface area contributed by atoms with Crippen LogP contribution in [-0.4, -0.2) is 33.4 Å². The van der Waals surface area contributed by atoms with Crippen molar-refractivity contribution in [3.8, 4) is 5.69 Å². The van der Waals surface area contributed by atoms with Crippen LogP contribution in [0.2, 0.25) is 0 Å². The van der Waals surface area contributed by atoms with Crippen LogP contribution in [0.1, 0.15) is 18.9 Å². The van der Waals surface area contributed by atoms with Crippen LogP contribution in [0.25, 0.3) is 5.69 Å². The van der Waals surface area contributed by atoms with Gasteiger partial charge >= 0.3 is 0 Å². The molecule has 20 heavy (non-hydrogen) atoms. The Morgan fingerprint density at radius 3 is 2.80 bits per heavy atom. The highest BCUT2D eigenvalue weighted by atomic mass is 32.1. The second-order valence-electron chi connectivity index (χ2n) is 4.72. The average molecular weight is 288 g/mol. The molecule has 1 N–H and O–H groups in total. The van der Waals surface area contributed by atoms with Crippen LogP contribution in [0.5, 0.6) is 0 Å². The van der Waals surface area contributed by atoms with Crippen molar-refractivity contribution in [3.63, 3.8) is 0 Å². The number of hydrogen-bond acceptors (Lipinski definition) is 2. The first kappa shape index (κ1) is 14.5. The lowest BCUT2D eigenvalue weighted by Crippen LogP contribution is -2.36. The molecule has 0 radical (unpaired) electrons. The van der Waals surface area contributed by atoms with Crippen LogP contribution in [-0.2, 0) is 6.54 Å². The van der Waals surface area contributed by atoms with E-state index >= 15 is 0 Å². The van der Waals surface area contributed by atoms with Crippen molar-refractivity contribution in [2.75, 3.05) is 13.6 Å². The Morgan fingerprint density at radius 1 is 1.35 bits per heavy atom. The third-order valence-electron chi connectivity index (χ3n) is 2.95. The van der Waals surface area contributed by atoms with Crippen molar-refractivity contribution in [1.29, 1.82) is 0 Å². The van der Waals surface area contributed by atoms with Gasteiger partial charge in [-0.05, 0) is 30.8 Å². The number of para-hydroxylation sites is 1. The van der Waals surface area contributed by atoms with Gasteiger partial charge in [0.25, 0.3) is 0 Å². The molecule has 1 aromatic heterocycles. The summed E-state index contributed by atoms with van der Waals surface area (Å²) in [6, 6.07) is 10.1. The fourth-order valence-electron chi connectivity index (χ4n) is 1.88. The normalized spacial score (nSPS) is 10.3. The van der Waals surface area contributed by atoms with Crippen LogP contribution >= 0.6 is 12.2 Å². The zero-order valence-electron chi connectivity index (χ0n) is 11.9. The fraction of sp³-hybridized carbons (Fsp3) is 0.333. The molecule has 0 aliphatic carbocycles. The molecule has 0 atom stereocenters. The standard InChI is InChI=1S/C15H20N4S/c1-3-9-16-15(20)18(2)11-13-10-17-19(12-13)14-7-5-4-6-8-14/h4-8,10,12H,3,9,11H2,1-2H3,(H,16,20). The number of thiocarbonyl (C=S) groups is 1. The van der Waals surface area contributed by atoms with Crippen molar-refractivity contribution >= 4 is 17.3 Å². The quantitative estimate of drug-likeness (QED) is 0.857. The summed E-state index contributed by atoms with van der Waals surface area (Å²) in [6.07, 6.45) is 4.99. The van der Waals surface area contributed by atoms with Gasteiger partial charge in [-0.1, -0.05) is 25.1 Å². The van der Waals surface area contributed by atoms with E-state index in [0.29, 0.717) is 0 Å². The Morgan fingerprint density at radius 2 is 2.10 bits per heavy atom. The van der Waals surface area contributed by atoms with Gasteiger partial charge in [0.1, 0.15) is 0 Å². The molecular formula is C15H20N4S. The van der Waals surface area contributed by atoms with Gasteiger partial charge in [0.2, 0.25) is 0 Å². The predicted octanol–water partition coefficient (Wildman–Crippen LogP) is 2.59. The molecule has 5 heteroatoms. The summed E-state index contributed by atoms with van der Waals surface area (Å²) in [6.45, 7) is 3.79. The summed E-state index contributed by atoms with van der Waals surface area (Å²) >= 11 is 5.33. The van der Waals surface area contributed by atoms with E-state index in [2.05, 4.69) is 17.3 Å². The molecule has 4 nitrogen and oxygen atoms in total. The minimum atomic E-state index is 0.752. The molecule has 2 rings (SSSR count). The van der Waals surface area contributed by atoms with Crippen molar-refractivity contribution < 1.29 is 0 Å². The van der Waals surface area contributed by atoms with Crippen LogP contribution < -0.4 is 5.32 Å². The lowest BCUT2D eigenvalue weighted by Gasteiger charge is -2.19. The number of benzene rings is 1. The van der Waals surface area contributed by atoms with Gasteiger partial charge in [0.15, 0.2) is 5.11 Å². The van der Waals surface area contributed by atoms with Gasteiger partial charge in [-0.25, -0.2) is 4.68 Å². The lowest BCUT2D eigenvalue weighted by atomic mass is 10.3. The van der Waals surface area contributed by atoms with E-state index in [9.17, 15) is 0 Å². The molecule has 0 saturated heterocycles. The Hall–Kier alpha value is -1.88. The second-order valence-corrected chi connectivity index (χ2v) is 5.10. The molecule has 0 aliphatic rings. The van der Waals surface area contributed by atoms with Gasteiger partial charge in [-0.15, -0.1) is 0 Å². The first-order valence-corrected chi connectivity index (χ1v) is 7.19. The van der Waals surface area contributed by atoms with Crippen molar-refractivity contribution in [1.82, 2.24) is 20.0 Å². The molecule has 106 valence electrons. The van der Waals surface area contributed by atoms with Crippen LogP contribution in [0.3, 0.4) is 0 Å². The zero-order chi connectivity index (χ0) is 14.4. The smallest absolute Gasteiger partial charge is 0.168 e. The minimum absolute atomic E-state index is 0.752. The largest absolute Gasteiger partial charge is 0.363 e. The fourth-order valence-corrected chi connectivity index (χ4v) is 2.04. The first-order valence-electron chi connectivity index (χ1n) is 6.78. The summed E-state index contributed by atoms with van der Waals surface area (Å²) in [7, 11) is 1.99. The van der Waals surface area contributed by atoms with Crippen LogP contribution in [0, 0.1) is 0 Å². The summed E-state index contributed by atoms with van der Waals surface area (Å²) in [5.74, 6) is 0. The molecule has 0 saturated carbocycles. The average Bonchev–Trinajstić information content (AvgIpc) is 2.94. The Labute approximate surface area is 125 Å². The number of rotatable bonds is 5. The third-order valence-corrected chi connectivity index (χ3v) is 3.41. The maximum atomic E-state index is 5.33. The van der Waals surface area contributed by atoms with E-state index in [-0.39, 0.29) is 0 Å². The molecule has 0 bridgehead atoms. The summed E-state index contributed by atoms with van der Waals surface area (Å²) in [5, 5.41) is 8.39. The molecular weight excluding hydrogens is 268 g/mol. The van der Waals surface area contributed by atoms with Crippen molar-refractivity contribution in [2.45, 2.75) is 19.9 Å². The first-order chi connectivity index (χ1) is 9.70. The van der Waals surface area contributed by atoms with Gasteiger partial charge in [0, 0.05) is 31.9 Å². The number of aromatic nitrogens is 2. The highest BCUT2D eigenvalue weighted by Gasteiger charge is 2.06. The molecule has 0 aliphatic heterocycles. The van der Waals surface area contributed by atoms with E-state index in [0.717, 1.165) is 35.9 Å². The van der Waals surface area contributed by atoms with E-state index < -0.39 is 0 Å². The highest BCUT2D eigenvalue weighted by Crippen LogP contribution is 2.09. The Kier molecular flexibility index (Phi) is 5.12. The van der Waals surface area contributed by atoms with Gasteiger partial charge < -0.3 is 10.2 Å². The van der Waals surface area contributed by atoms with E-state index in [1.165, 1.54) is 0 Å². The molecule has 1 aromatic carbocycles. The van der Waals surface area contributed by atoms with Gasteiger partial charge in [-0.3, -0.25) is 0 Å². The molecule has 0 spiro atoms. The maximum Gasteiger partial charge on any atom is 0.168 e. The van der Waals surface area contributed by atoms with Crippen molar-refractivity contribution in [3.05, 3.63) is 48.3 Å². The summed E-state index contributed by atoms with van der Waals surface area (Å²) in [4.78, 5) is 2.03. The minimum Gasteiger partial charge on any atom is -0.363 e. The number of nitrogens with one attached hydrogen (secondary N) is 1. The third kappa shape index (κ3) is 3.81. The van der Waals surface area contributed by atoms with E-state index in [1.54, 1.807) is 0 Å². The van der Waals surface area contributed by atoms with Gasteiger partial charge in [0.05, 0.1) is 11.9 Å². The van der Waals surface area contributed by atoms with Gasteiger partial charge in [-0.2, -0.15) is 5.10 Å². The Bertz CT molecular complexity index is 550. The van der Waals surface area contributed by atoms with Crippen LogP contribution in [0.4, 0.5) is 0 Å². The van der Waals surface area contributed by atoms with Crippen molar-refractivity contribution in [2.24, 2.45) is 0 Å². The SMILES string of the molecule is CCCNC(=S)N(C)Cc1cnn(-c2ccccc2)c1. The molecule has 2 aromatic rings. The molecule has 1 heterocycles. The Balaban J connectivity index is 1.98.